The van der Waals surface area contributed by atoms with Gasteiger partial charge in [0.25, 0.3) is 5.56 Å². The van der Waals surface area contributed by atoms with Crippen molar-refractivity contribution in [2.45, 2.75) is 65.8 Å². The Morgan fingerprint density at radius 1 is 1.09 bits per heavy atom. The first-order chi connectivity index (χ1) is 21.7. The van der Waals surface area contributed by atoms with Gasteiger partial charge in [-0.25, -0.2) is 9.78 Å². The summed E-state index contributed by atoms with van der Waals surface area (Å²) in [6.45, 7) is 10.4. The third-order valence-corrected chi connectivity index (χ3v) is 7.61. The average molecular weight is 647 g/mol. The molecule has 0 unspecified atom stereocenters. The van der Waals surface area contributed by atoms with Crippen LogP contribution in [0.1, 0.15) is 57.0 Å². The summed E-state index contributed by atoms with van der Waals surface area (Å²) in [5, 5.41) is 7.19. The number of ether oxygens (including phenoxy) is 2. The van der Waals surface area contributed by atoms with Crippen molar-refractivity contribution in [1.82, 2.24) is 29.0 Å². The molecular weight excluding hydrogens is 609 g/mol. The summed E-state index contributed by atoms with van der Waals surface area (Å²) >= 11 is 0. The number of rotatable bonds is 6. The molecule has 2 aliphatic rings. The van der Waals surface area contributed by atoms with E-state index in [2.05, 4.69) is 20.4 Å². The number of piperazine rings is 1. The van der Waals surface area contributed by atoms with E-state index >= 15 is 0 Å². The van der Waals surface area contributed by atoms with Crippen LogP contribution in [0, 0.1) is 6.92 Å². The Morgan fingerprint density at radius 2 is 1.80 bits per heavy atom. The molecule has 16 heteroatoms. The molecule has 0 radical (unpaired) electrons. The zero-order chi connectivity index (χ0) is 33.4. The van der Waals surface area contributed by atoms with Gasteiger partial charge < -0.3 is 29.2 Å². The molecule has 46 heavy (non-hydrogen) atoms. The second-order valence-corrected chi connectivity index (χ2v) is 12.1. The number of carbonyl (C=O) groups is 2. The van der Waals surface area contributed by atoms with Gasteiger partial charge >= 0.3 is 12.3 Å². The van der Waals surface area contributed by atoms with E-state index in [1.165, 1.54) is 11.4 Å². The van der Waals surface area contributed by atoms with Crippen LogP contribution in [0.5, 0.6) is 0 Å². The van der Waals surface area contributed by atoms with Crippen LogP contribution in [0.2, 0.25) is 0 Å². The highest BCUT2D eigenvalue weighted by Gasteiger charge is 2.33. The minimum absolute atomic E-state index is 0.00343. The van der Waals surface area contributed by atoms with E-state index in [9.17, 15) is 27.6 Å². The molecule has 1 N–H and O–H groups in total. The van der Waals surface area contributed by atoms with Gasteiger partial charge in [0, 0.05) is 26.2 Å². The fourth-order valence-electron chi connectivity index (χ4n) is 5.42. The molecule has 0 saturated carbocycles. The van der Waals surface area contributed by atoms with Crippen molar-refractivity contribution in [3.05, 3.63) is 51.5 Å². The van der Waals surface area contributed by atoms with Crippen LogP contribution < -0.4 is 15.8 Å². The van der Waals surface area contributed by atoms with Crippen molar-refractivity contribution in [2.24, 2.45) is 0 Å². The van der Waals surface area contributed by atoms with Crippen LogP contribution >= 0.6 is 0 Å². The van der Waals surface area contributed by atoms with Crippen molar-refractivity contribution in [3.63, 3.8) is 0 Å². The van der Waals surface area contributed by atoms with E-state index in [1.807, 2.05) is 17.9 Å². The highest BCUT2D eigenvalue weighted by molar-refractivity contribution is 5.91. The third kappa shape index (κ3) is 7.00. The Labute approximate surface area is 263 Å². The van der Waals surface area contributed by atoms with Crippen LogP contribution in [0.4, 0.5) is 29.3 Å². The first kappa shape index (κ1) is 32.9. The number of hydrogen-bond donors (Lipinski definition) is 1. The Kier molecular flexibility index (Phi) is 9.11. The number of amides is 2. The number of aryl methyl sites for hydroxylation is 1. The monoisotopic (exact) mass is 646 g/mol. The van der Waals surface area contributed by atoms with E-state index in [0.29, 0.717) is 69.4 Å². The molecule has 0 atom stereocenters. The Balaban J connectivity index is 1.51. The van der Waals surface area contributed by atoms with Crippen LogP contribution in [0.15, 0.2) is 23.0 Å². The van der Waals surface area contributed by atoms with Gasteiger partial charge in [-0.1, -0.05) is 13.0 Å². The van der Waals surface area contributed by atoms with Crippen molar-refractivity contribution in [2.75, 3.05) is 49.6 Å². The lowest BCUT2D eigenvalue weighted by Crippen LogP contribution is -2.51. The predicted octanol–water partition coefficient (Wildman–Crippen LogP) is 3.68. The highest BCUT2D eigenvalue weighted by Crippen LogP contribution is 2.29. The summed E-state index contributed by atoms with van der Waals surface area (Å²) in [5.41, 5.74) is -0.330. The smallest absolute Gasteiger partial charge is 0.433 e. The van der Waals surface area contributed by atoms with E-state index in [1.54, 1.807) is 30.2 Å². The number of pyridine rings is 1. The Bertz CT molecular complexity index is 1730. The summed E-state index contributed by atoms with van der Waals surface area (Å²) in [5.74, 6) is -0.0653. The number of nitrogens with one attached hydrogen (secondary N) is 1. The molecule has 248 valence electrons. The molecule has 5 rings (SSSR count). The van der Waals surface area contributed by atoms with E-state index in [4.69, 9.17) is 9.47 Å². The van der Waals surface area contributed by atoms with Crippen LogP contribution in [-0.4, -0.2) is 86.0 Å². The van der Waals surface area contributed by atoms with Crippen molar-refractivity contribution >= 4 is 34.7 Å². The minimum Gasteiger partial charge on any atom is -0.444 e. The fourth-order valence-corrected chi connectivity index (χ4v) is 5.42. The SMILES string of the molecule is CCc1c(N2CCN(C(=O)OC(C)(C)C)CC2)c(=O)n2nc(C3=CCOCC3)nc2n1CC(=O)Nc1ccc(C(F)(F)F)nc1C. The van der Waals surface area contributed by atoms with E-state index in [0.717, 1.165) is 17.7 Å². The molecule has 0 spiro atoms. The molecule has 1 saturated heterocycles. The summed E-state index contributed by atoms with van der Waals surface area (Å²) in [6, 6.07) is 1.96. The number of aromatic nitrogens is 5. The van der Waals surface area contributed by atoms with Gasteiger partial charge in [0.1, 0.15) is 23.5 Å². The van der Waals surface area contributed by atoms with Gasteiger partial charge in [0.2, 0.25) is 11.7 Å². The van der Waals surface area contributed by atoms with E-state index in [-0.39, 0.29) is 23.7 Å². The molecule has 3 aromatic rings. The Hall–Kier alpha value is -4.47. The first-order valence-corrected chi connectivity index (χ1v) is 15.0. The number of alkyl halides is 3. The number of fused-ring (bicyclic) bond motifs is 1. The second kappa shape index (κ2) is 12.7. The van der Waals surface area contributed by atoms with Gasteiger partial charge in [0.05, 0.1) is 30.3 Å². The quantitative estimate of drug-likeness (QED) is 0.426. The number of carbonyl (C=O) groups excluding carboxylic acids is 2. The van der Waals surface area contributed by atoms with Gasteiger partial charge in [-0.3, -0.25) is 9.59 Å². The van der Waals surface area contributed by atoms with Gasteiger partial charge in [0.15, 0.2) is 5.82 Å². The number of nitrogens with zero attached hydrogens (tertiary/aromatic N) is 7. The zero-order valence-electron chi connectivity index (χ0n) is 26.4. The summed E-state index contributed by atoms with van der Waals surface area (Å²) in [4.78, 5) is 51.9. The molecule has 0 aliphatic carbocycles. The summed E-state index contributed by atoms with van der Waals surface area (Å²) in [7, 11) is 0. The topological polar surface area (TPSA) is 136 Å². The van der Waals surface area contributed by atoms with Gasteiger partial charge in [-0.2, -0.15) is 22.7 Å². The highest BCUT2D eigenvalue weighted by atomic mass is 19.4. The molecule has 13 nitrogen and oxygen atoms in total. The van der Waals surface area contributed by atoms with Crippen molar-refractivity contribution < 1.29 is 32.2 Å². The van der Waals surface area contributed by atoms with Crippen LogP contribution in [0.3, 0.4) is 0 Å². The third-order valence-electron chi connectivity index (χ3n) is 7.61. The molecule has 0 bridgehead atoms. The van der Waals surface area contributed by atoms with Crippen molar-refractivity contribution in [3.8, 4) is 0 Å². The maximum atomic E-state index is 14.0. The summed E-state index contributed by atoms with van der Waals surface area (Å²) < 4.78 is 53.1. The van der Waals surface area contributed by atoms with Crippen LogP contribution in [0.25, 0.3) is 11.4 Å². The van der Waals surface area contributed by atoms with Crippen LogP contribution in [-0.2, 0) is 33.4 Å². The number of anilines is 2. The maximum absolute atomic E-state index is 14.0. The lowest BCUT2D eigenvalue weighted by Gasteiger charge is -2.37. The maximum Gasteiger partial charge on any atom is 0.433 e. The standard InChI is InChI=1S/C30H37F3N8O5/c1-6-21-24(38-11-13-39(14-12-38)28(44)46-29(3,4)5)26(43)41-27(36-25(37-41)19-9-15-45-16-10-19)40(21)17-23(42)35-20-7-8-22(30(31,32)33)34-18(20)2/h7-9H,6,10-17H2,1-5H3,(H,35,42). The lowest BCUT2D eigenvalue weighted by atomic mass is 10.1. The number of halogens is 3. The normalized spacial score (nSPS) is 16.0. The lowest BCUT2D eigenvalue weighted by molar-refractivity contribution is -0.141. The molecule has 3 aromatic heterocycles. The number of hydrogen-bond acceptors (Lipinski definition) is 9. The second-order valence-electron chi connectivity index (χ2n) is 12.1. The Morgan fingerprint density at radius 3 is 2.39 bits per heavy atom. The summed E-state index contributed by atoms with van der Waals surface area (Å²) in [6.07, 6.45) is -2.32. The average Bonchev–Trinajstić information content (AvgIpc) is 3.45. The first-order valence-electron chi connectivity index (χ1n) is 15.0. The van der Waals surface area contributed by atoms with E-state index < -0.39 is 35.0 Å². The van der Waals surface area contributed by atoms with Gasteiger partial charge in [-0.15, -0.1) is 5.10 Å². The molecular formula is C30H37F3N8O5. The molecule has 1 fully saturated rings. The molecule has 0 aromatic carbocycles. The van der Waals surface area contributed by atoms with Crippen molar-refractivity contribution in [1.29, 1.82) is 0 Å². The van der Waals surface area contributed by atoms with Gasteiger partial charge in [-0.05, 0) is 58.2 Å². The predicted molar refractivity (Wildman–Crippen MR) is 163 cm³/mol. The zero-order valence-corrected chi connectivity index (χ0v) is 26.4. The fraction of sp³-hybridized carbons (Fsp3) is 0.533. The molecule has 5 heterocycles. The molecule has 2 aliphatic heterocycles. The largest absolute Gasteiger partial charge is 0.444 e. The molecule has 2 amide bonds. The minimum atomic E-state index is -4.62.